The molecule has 2 N–H and O–H groups in total. The van der Waals surface area contributed by atoms with Gasteiger partial charge >= 0.3 is 5.97 Å². The van der Waals surface area contributed by atoms with Crippen molar-refractivity contribution in [2.75, 3.05) is 11.3 Å². The zero-order chi connectivity index (χ0) is 13.2. The Labute approximate surface area is 106 Å². The van der Waals surface area contributed by atoms with E-state index < -0.39 is 22.2 Å². The summed E-state index contributed by atoms with van der Waals surface area (Å²) in [6.45, 7) is 1.98. The molecule has 6 nitrogen and oxygen atoms in total. The van der Waals surface area contributed by atoms with Crippen LogP contribution in [0.2, 0.25) is 0 Å². The van der Waals surface area contributed by atoms with Crippen molar-refractivity contribution in [3.8, 4) is 0 Å². The number of hydrogen-bond donors (Lipinski definition) is 2. The van der Waals surface area contributed by atoms with Gasteiger partial charge in [0.05, 0.1) is 24.8 Å². The minimum Gasteiger partial charge on any atom is -0.466 e. The van der Waals surface area contributed by atoms with Gasteiger partial charge in [-0.05, 0) is 18.6 Å². The molecule has 1 aromatic carbocycles. The van der Waals surface area contributed by atoms with Gasteiger partial charge < -0.3 is 4.74 Å². The molecule has 0 spiro atoms. The number of fused-ring (bicyclic) bond motifs is 1. The number of esters is 1. The van der Waals surface area contributed by atoms with E-state index in [0.29, 0.717) is 5.69 Å². The lowest BCUT2D eigenvalue weighted by Gasteiger charge is -2.26. The van der Waals surface area contributed by atoms with Gasteiger partial charge in [-0.15, -0.1) is 0 Å². The molecule has 0 bridgehead atoms. The molecule has 1 unspecified atom stereocenters. The summed E-state index contributed by atoms with van der Waals surface area (Å²) in [5, 5.41) is 0. The maximum absolute atomic E-state index is 11.6. The number of rotatable bonds is 3. The summed E-state index contributed by atoms with van der Waals surface area (Å²) < 4.78 is 32.8. The molecule has 1 atom stereocenters. The summed E-state index contributed by atoms with van der Waals surface area (Å²) in [5.41, 5.74) is 1.23. The quantitative estimate of drug-likeness (QED) is 0.801. The number of nitrogens with one attached hydrogen (secondary N) is 2. The Balaban J connectivity index is 2.27. The van der Waals surface area contributed by atoms with Gasteiger partial charge in [0.1, 0.15) is 0 Å². The van der Waals surface area contributed by atoms with E-state index in [9.17, 15) is 13.2 Å². The first kappa shape index (κ1) is 12.8. The number of benzene rings is 1. The van der Waals surface area contributed by atoms with E-state index in [4.69, 9.17) is 4.74 Å². The molecular formula is C11H14N2O4S. The lowest BCUT2D eigenvalue weighted by Crippen LogP contribution is -2.39. The monoisotopic (exact) mass is 270 g/mol. The van der Waals surface area contributed by atoms with Crippen LogP contribution in [0.15, 0.2) is 24.3 Å². The summed E-state index contributed by atoms with van der Waals surface area (Å²) in [6.07, 6.45) is -0.0221. The van der Waals surface area contributed by atoms with E-state index in [-0.39, 0.29) is 13.0 Å². The smallest absolute Gasteiger partial charge is 0.307 e. The average Bonchev–Trinajstić information content (AvgIpc) is 2.27. The number of carbonyl (C=O) groups is 1. The first-order chi connectivity index (χ1) is 8.52. The number of carbonyl (C=O) groups excluding carboxylic acids is 1. The Hall–Kier alpha value is -1.60. The first-order valence-electron chi connectivity index (χ1n) is 5.56. The van der Waals surface area contributed by atoms with Gasteiger partial charge in [0.15, 0.2) is 0 Å². The van der Waals surface area contributed by atoms with E-state index in [0.717, 1.165) is 5.56 Å². The predicted octanol–water partition coefficient (Wildman–Crippen LogP) is 0.941. The standard InChI is InChI=1S/C11H14N2O4S/c1-2-17-11(14)7-10-8-5-3-4-6-9(8)12-18(15,16)13-10/h3-6,10,12-13H,2,7H2,1H3. The van der Waals surface area contributed by atoms with Crippen LogP contribution in [0.5, 0.6) is 0 Å². The SMILES string of the molecule is CCOC(=O)CC1NS(=O)(=O)Nc2ccccc21. The van der Waals surface area contributed by atoms with Crippen LogP contribution in [0.25, 0.3) is 0 Å². The fraction of sp³-hybridized carbons (Fsp3) is 0.364. The lowest BCUT2D eigenvalue weighted by molar-refractivity contribution is -0.143. The molecule has 1 aliphatic heterocycles. The zero-order valence-electron chi connectivity index (χ0n) is 9.84. The molecule has 1 heterocycles. The Morgan fingerprint density at radius 3 is 2.83 bits per heavy atom. The molecule has 0 amide bonds. The molecule has 0 fully saturated rings. The van der Waals surface area contributed by atoms with Gasteiger partial charge in [-0.3, -0.25) is 9.52 Å². The van der Waals surface area contributed by atoms with Crippen molar-refractivity contribution in [2.45, 2.75) is 19.4 Å². The fourth-order valence-electron chi connectivity index (χ4n) is 1.86. The van der Waals surface area contributed by atoms with E-state index in [1.165, 1.54) is 0 Å². The first-order valence-corrected chi connectivity index (χ1v) is 7.05. The van der Waals surface area contributed by atoms with Crippen molar-refractivity contribution in [1.29, 1.82) is 0 Å². The van der Waals surface area contributed by atoms with Gasteiger partial charge in [0, 0.05) is 0 Å². The summed E-state index contributed by atoms with van der Waals surface area (Å²) in [4.78, 5) is 11.5. The summed E-state index contributed by atoms with van der Waals surface area (Å²) in [6, 6.07) is 6.36. The molecule has 98 valence electrons. The van der Waals surface area contributed by atoms with Crippen molar-refractivity contribution >= 4 is 21.9 Å². The molecule has 0 saturated carbocycles. The maximum atomic E-state index is 11.6. The number of anilines is 1. The summed E-state index contributed by atoms with van der Waals surface area (Å²) in [7, 11) is -3.61. The Morgan fingerprint density at radius 2 is 2.11 bits per heavy atom. The molecule has 0 aromatic heterocycles. The Kier molecular flexibility index (Phi) is 3.53. The topological polar surface area (TPSA) is 84.5 Å². The molecule has 7 heteroatoms. The minimum atomic E-state index is -3.61. The van der Waals surface area contributed by atoms with E-state index in [1.807, 2.05) is 0 Å². The third-order valence-electron chi connectivity index (χ3n) is 2.55. The van der Waals surface area contributed by atoms with Gasteiger partial charge in [-0.2, -0.15) is 13.1 Å². The van der Waals surface area contributed by atoms with Crippen molar-refractivity contribution in [2.24, 2.45) is 0 Å². The van der Waals surface area contributed by atoms with E-state index in [1.54, 1.807) is 31.2 Å². The minimum absolute atomic E-state index is 0.0221. The van der Waals surface area contributed by atoms with Crippen LogP contribution in [-0.2, 0) is 19.7 Å². The molecule has 0 aliphatic carbocycles. The predicted molar refractivity (Wildman–Crippen MR) is 66.1 cm³/mol. The number of para-hydroxylation sites is 1. The van der Waals surface area contributed by atoms with Crippen molar-refractivity contribution in [1.82, 2.24) is 4.72 Å². The molecule has 0 radical (unpaired) electrons. The fourth-order valence-corrected chi connectivity index (χ4v) is 2.98. The van der Waals surface area contributed by atoms with Gasteiger partial charge in [0.2, 0.25) is 0 Å². The van der Waals surface area contributed by atoms with Crippen molar-refractivity contribution in [3.05, 3.63) is 29.8 Å². The number of hydrogen-bond acceptors (Lipinski definition) is 4. The van der Waals surface area contributed by atoms with Gasteiger partial charge in [-0.1, -0.05) is 18.2 Å². The van der Waals surface area contributed by atoms with Crippen molar-refractivity contribution < 1.29 is 17.9 Å². The molecule has 2 rings (SSSR count). The molecule has 0 saturated heterocycles. The second-order valence-corrected chi connectivity index (χ2v) is 5.32. The highest BCUT2D eigenvalue weighted by molar-refractivity contribution is 7.90. The van der Waals surface area contributed by atoms with Crippen LogP contribution < -0.4 is 9.44 Å². The van der Waals surface area contributed by atoms with Crippen LogP contribution in [0.4, 0.5) is 5.69 Å². The average molecular weight is 270 g/mol. The van der Waals surface area contributed by atoms with Crippen LogP contribution >= 0.6 is 0 Å². The molecule has 18 heavy (non-hydrogen) atoms. The van der Waals surface area contributed by atoms with Crippen LogP contribution in [0, 0.1) is 0 Å². The van der Waals surface area contributed by atoms with Crippen LogP contribution in [0.3, 0.4) is 0 Å². The van der Waals surface area contributed by atoms with Crippen LogP contribution in [0.1, 0.15) is 24.9 Å². The highest BCUT2D eigenvalue weighted by atomic mass is 32.2. The van der Waals surface area contributed by atoms with Crippen molar-refractivity contribution in [3.63, 3.8) is 0 Å². The summed E-state index contributed by atoms with van der Waals surface area (Å²) in [5.74, 6) is -0.429. The largest absolute Gasteiger partial charge is 0.466 e. The highest BCUT2D eigenvalue weighted by Gasteiger charge is 2.29. The second-order valence-electron chi connectivity index (χ2n) is 3.87. The van der Waals surface area contributed by atoms with Gasteiger partial charge in [0.25, 0.3) is 10.2 Å². The normalized spacial score (nSPS) is 20.6. The molecule has 1 aliphatic rings. The molecule has 1 aromatic rings. The highest BCUT2D eigenvalue weighted by Crippen LogP contribution is 2.30. The Bertz CT molecular complexity index is 556. The maximum Gasteiger partial charge on any atom is 0.307 e. The second kappa shape index (κ2) is 4.95. The summed E-state index contributed by atoms with van der Waals surface area (Å²) >= 11 is 0. The van der Waals surface area contributed by atoms with E-state index in [2.05, 4.69) is 9.44 Å². The third-order valence-corrected chi connectivity index (χ3v) is 3.64. The van der Waals surface area contributed by atoms with E-state index >= 15 is 0 Å². The van der Waals surface area contributed by atoms with Crippen LogP contribution in [-0.4, -0.2) is 21.0 Å². The molecular weight excluding hydrogens is 256 g/mol. The lowest BCUT2D eigenvalue weighted by atomic mass is 10.0. The zero-order valence-corrected chi connectivity index (χ0v) is 10.7. The number of ether oxygens (including phenoxy) is 1. The Morgan fingerprint density at radius 1 is 1.39 bits per heavy atom. The van der Waals surface area contributed by atoms with Gasteiger partial charge in [-0.25, -0.2) is 0 Å². The third kappa shape index (κ3) is 2.80.